The van der Waals surface area contributed by atoms with Crippen molar-refractivity contribution in [2.45, 2.75) is 0 Å². The van der Waals surface area contributed by atoms with Crippen LogP contribution in [0.1, 0.15) is 10.4 Å². The number of nitrogens with zero attached hydrogens (tertiary/aromatic N) is 1. The van der Waals surface area contributed by atoms with E-state index in [1.54, 1.807) is 18.2 Å². The molecule has 0 fully saturated rings. The lowest BCUT2D eigenvalue weighted by Gasteiger charge is -2.04. The summed E-state index contributed by atoms with van der Waals surface area (Å²) in [5, 5.41) is 11.7. The van der Waals surface area contributed by atoms with Crippen LogP contribution in [0.2, 0.25) is 0 Å². The molecule has 0 saturated heterocycles. The lowest BCUT2D eigenvalue weighted by molar-refractivity contribution is 0.0698. The molecule has 76 valence electrons. The maximum Gasteiger partial charge on any atom is 0.337 e. The van der Waals surface area contributed by atoms with Gasteiger partial charge in [0.15, 0.2) is 0 Å². The standard InChI is InChI=1S/C10H8N2O3/c13-9(14)7-3-1-2-4-8(7)12-10-11-5-6-15-10/h1-6H,(H,11,12)(H,13,14). The second kappa shape index (κ2) is 3.83. The van der Waals surface area contributed by atoms with E-state index >= 15 is 0 Å². The minimum atomic E-state index is -0.996. The van der Waals surface area contributed by atoms with Gasteiger partial charge in [-0.2, -0.15) is 0 Å². The Balaban J connectivity index is 2.32. The Morgan fingerprint density at radius 1 is 1.40 bits per heavy atom. The Bertz CT molecular complexity index is 465. The first-order valence-corrected chi connectivity index (χ1v) is 4.26. The predicted molar refractivity (Wildman–Crippen MR) is 53.2 cm³/mol. The minimum Gasteiger partial charge on any atom is -0.478 e. The van der Waals surface area contributed by atoms with E-state index in [1.807, 2.05) is 0 Å². The van der Waals surface area contributed by atoms with Crippen LogP contribution in [0, 0.1) is 0 Å². The van der Waals surface area contributed by atoms with Crippen LogP contribution in [0.25, 0.3) is 0 Å². The van der Waals surface area contributed by atoms with Gasteiger partial charge in [-0.3, -0.25) is 0 Å². The summed E-state index contributed by atoms with van der Waals surface area (Å²) in [6.45, 7) is 0. The second-order valence-corrected chi connectivity index (χ2v) is 2.81. The molecule has 1 heterocycles. The molecule has 2 N–H and O–H groups in total. The quantitative estimate of drug-likeness (QED) is 0.800. The number of hydrogen-bond donors (Lipinski definition) is 2. The van der Waals surface area contributed by atoms with Gasteiger partial charge in [-0.05, 0) is 12.1 Å². The van der Waals surface area contributed by atoms with Crippen molar-refractivity contribution in [3.63, 3.8) is 0 Å². The van der Waals surface area contributed by atoms with E-state index in [0.717, 1.165) is 0 Å². The summed E-state index contributed by atoms with van der Waals surface area (Å²) in [4.78, 5) is 14.7. The molecule has 0 saturated carbocycles. The van der Waals surface area contributed by atoms with Gasteiger partial charge in [0, 0.05) is 0 Å². The minimum absolute atomic E-state index is 0.177. The van der Waals surface area contributed by atoms with Gasteiger partial charge in [0.1, 0.15) is 6.26 Å². The summed E-state index contributed by atoms with van der Waals surface area (Å²) in [7, 11) is 0. The van der Waals surface area contributed by atoms with Crippen LogP contribution < -0.4 is 5.32 Å². The summed E-state index contributed by atoms with van der Waals surface area (Å²) >= 11 is 0. The van der Waals surface area contributed by atoms with E-state index in [2.05, 4.69) is 10.3 Å². The smallest absolute Gasteiger partial charge is 0.337 e. The third-order valence-corrected chi connectivity index (χ3v) is 1.83. The molecule has 0 spiro atoms. The fourth-order valence-electron chi connectivity index (χ4n) is 1.18. The van der Waals surface area contributed by atoms with Crippen molar-refractivity contribution >= 4 is 17.7 Å². The number of anilines is 2. The number of carbonyl (C=O) groups is 1. The number of oxazole rings is 1. The van der Waals surface area contributed by atoms with E-state index in [9.17, 15) is 4.79 Å². The van der Waals surface area contributed by atoms with Crippen molar-refractivity contribution < 1.29 is 14.3 Å². The third-order valence-electron chi connectivity index (χ3n) is 1.83. The molecule has 0 bridgehead atoms. The molecule has 0 amide bonds. The number of rotatable bonds is 3. The van der Waals surface area contributed by atoms with Crippen molar-refractivity contribution in [1.29, 1.82) is 0 Å². The Labute approximate surface area is 85.4 Å². The van der Waals surface area contributed by atoms with Crippen molar-refractivity contribution in [1.82, 2.24) is 4.98 Å². The third kappa shape index (κ3) is 1.96. The molecular weight excluding hydrogens is 196 g/mol. The SMILES string of the molecule is O=C(O)c1ccccc1Nc1ncco1. The van der Waals surface area contributed by atoms with Crippen molar-refractivity contribution in [3.05, 3.63) is 42.3 Å². The van der Waals surface area contributed by atoms with Crippen LogP contribution >= 0.6 is 0 Å². The highest BCUT2D eigenvalue weighted by Crippen LogP contribution is 2.19. The number of aromatic carboxylic acids is 1. The van der Waals surface area contributed by atoms with E-state index in [4.69, 9.17) is 9.52 Å². The number of carboxylic acid groups (broad SMARTS) is 1. The summed E-state index contributed by atoms with van der Waals surface area (Å²) < 4.78 is 4.96. The maximum absolute atomic E-state index is 10.9. The molecule has 1 aromatic heterocycles. The molecule has 0 unspecified atom stereocenters. The zero-order valence-corrected chi connectivity index (χ0v) is 7.68. The van der Waals surface area contributed by atoms with Crippen molar-refractivity contribution in [2.24, 2.45) is 0 Å². The number of carboxylic acids is 1. The lowest BCUT2D eigenvalue weighted by atomic mass is 10.2. The molecule has 15 heavy (non-hydrogen) atoms. The van der Waals surface area contributed by atoms with Crippen LogP contribution in [-0.4, -0.2) is 16.1 Å². The first-order chi connectivity index (χ1) is 7.27. The van der Waals surface area contributed by atoms with Gasteiger partial charge < -0.3 is 14.8 Å². The summed E-state index contributed by atoms with van der Waals surface area (Å²) in [6.07, 6.45) is 2.89. The average Bonchev–Trinajstić information content (AvgIpc) is 2.71. The van der Waals surface area contributed by atoms with E-state index in [-0.39, 0.29) is 11.6 Å². The van der Waals surface area contributed by atoms with Crippen molar-refractivity contribution in [3.8, 4) is 0 Å². The Morgan fingerprint density at radius 3 is 2.87 bits per heavy atom. The molecule has 2 aromatic rings. The van der Waals surface area contributed by atoms with Gasteiger partial charge in [-0.25, -0.2) is 9.78 Å². The first kappa shape index (κ1) is 9.26. The molecular formula is C10H8N2O3. The maximum atomic E-state index is 10.9. The van der Waals surface area contributed by atoms with Gasteiger partial charge in [-0.15, -0.1) is 0 Å². The number of nitrogens with one attached hydrogen (secondary N) is 1. The molecule has 0 aliphatic carbocycles. The fraction of sp³-hybridized carbons (Fsp3) is 0. The second-order valence-electron chi connectivity index (χ2n) is 2.81. The van der Waals surface area contributed by atoms with Crippen LogP contribution in [0.3, 0.4) is 0 Å². The molecule has 0 atom stereocenters. The molecule has 0 aliphatic heterocycles. The highest BCUT2D eigenvalue weighted by molar-refractivity contribution is 5.94. The van der Waals surface area contributed by atoms with E-state index < -0.39 is 5.97 Å². The molecule has 0 aliphatic rings. The van der Waals surface area contributed by atoms with Crippen LogP contribution in [0.4, 0.5) is 11.7 Å². The largest absolute Gasteiger partial charge is 0.478 e. The number of aromatic nitrogens is 1. The monoisotopic (exact) mass is 204 g/mol. The Morgan fingerprint density at radius 2 is 2.20 bits per heavy atom. The predicted octanol–water partition coefficient (Wildman–Crippen LogP) is 2.12. The van der Waals surface area contributed by atoms with Crippen LogP contribution in [0.5, 0.6) is 0 Å². The zero-order chi connectivity index (χ0) is 10.7. The molecule has 0 radical (unpaired) electrons. The van der Waals surface area contributed by atoms with Gasteiger partial charge >= 0.3 is 5.97 Å². The first-order valence-electron chi connectivity index (χ1n) is 4.26. The summed E-state index contributed by atoms with van der Waals surface area (Å²) in [5.41, 5.74) is 0.628. The van der Waals surface area contributed by atoms with Gasteiger partial charge in [0.25, 0.3) is 6.01 Å². The zero-order valence-electron chi connectivity index (χ0n) is 7.68. The Hall–Kier alpha value is -2.30. The molecule has 5 nitrogen and oxygen atoms in total. The molecule has 2 rings (SSSR count). The molecule has 5 heteroatoms. The number of para-hydroxylation sites is 1. The number of benzene rings is 1. The molecule has 1 aromatic carbocycles. The topological polar surface area (TPSA) is 75.4 Å². The average molecular weight is 204 g/mol. The Kier molecular flexibility index (Phi) is 2.37. The van der Waals surface area contributed by atoms with Crippen LogP contribution in [-0.2, 0) is 0 Å². The summed E-state index contributed by atoms with van der Waals surface area (Å²) in [5.74, 6) is -0.996. The lowest BCUT2D eigenvalue weighted by Crippen LogP contribution is -2.02. The fourth-order valence-corrected chi connectivity index (χ4v) is 1.18. The van der Waals surface area contributed by atoms with Crippen LogP contribution in [0.15, 0.2) is 41.1 Å². The van der Waals surface area contributed by atoms with Gasteiger partial charge in [0.05, 0.1) is 17.4 Å². The van der Waals surface area contributed by atoms with Gasteiger partial charge in [-0.1, -0.05) is 12.1 Å². The van der Waals surface area contributed by atoms with E-state index in [0.29, 0.717) is 5.69 Å². The van der Waals surface area contributed by atoms with Crippen molar-refractivity contribution in [2.75, 3.05) is 5.32 Å². The highest BCUT2D eigenvalue weighted by atomic mass is 16.4. The van der Waals surface area contributed by atoms with Gasteiger partial charge in [0.2, 0.25) is 0 Å². The van der Waals surface area contributed by atoms with E-state index in [1.165, 1.54) is 18.5 Å². The number of hydrogen-bond acceptors (Lipinski definition) is 4. The normalized spacial score (nSPS) is 9.87. The highest BCUT2D eigenvalue weighted by Gasteiger charge is 2.09. The summed E-state index contributed by atoms with van der Waals surface area (Å²) in [6, 6.07) is 6.81.